The second-order valence-electron chi connectivity index (χ2n) is 5.80. The molecule has 3 aromatic rings. The molecule has 0 saturated heterocycles. The highest BCUT2D eigenvalue weighted by Gasteiger charge is 2.10. The van der Waals surface area contributed by atoms with Crippen LogP contribution in [-0.4, -0.2) is 25.0 Å². The van der Waals surface area contributed by atoms with Crippen LogP contribution in [0.25, 0.3) is 5.69 Å². The van der Waals surface area contributed by atoms with Crippen LogP contribution in [-0.2, 0) is 17.9 Å². The summed E-state index contributed by atoms with van der Waals surface area (Å²) in [5.41, 5.74) is 1.53. The molecule has 0 bridgehead atoms. The van der Waals surface area contributed by atoms with E-state index in [1.165, 1.54) is 12.1 Å². The summed E-state index contributed by atoms with van der Waals surface area (Å²) < 4.78 is 17.4. The van der Waals surface area contributed by atoms with Gasteiger partial charge in [-0.3, -0.25) is 4.79 Å². The summed E-state index contributed by atoms with van der Waals surface area (Å²) >= 11 is 0. The minimum absolute atomic E-state index is 0.0577. The number of amides is 1. The zero-order chi connectivity index (χ0) is 17.6. The lowest BCUT2D eigenvalue weighted by molar-refractivity contribution is -0.121. The van der Waals surface area contributed by atoms with Crippen molar-refractivity contribution in [1.29, 1.82) is 0 Å². The van der Waals surface area contributed by atoms with Crippen LogP contribution in [0.3, 0.4) is 0 Å². The van der Waals surface area contributed by atoms with E-state index in [-0.39, 0.29) is 18.3 Å². The Morgan fingerprint density at radius 1 is 1.28 bits per heavy atom. The third-order valence-corrected chi connectivity index (χ3v) is 3.98. The van der Waals surface area contributed by atoms with Crippen LogP contribution in [0.4, 0.5) is 4.39 Å². The summed E-state index contributed by atoms with van der Waals surface area (Å²) in [4.78, 5) is 20.2. The summed E-state index contributed by atoms with van der Waals surface area (Å²) in [6, 6.07) is 4.55. The molecule has 0 aliphatic heterocycles. The molecular formula is C18H20FN5O. The number of aryl methyl sites for hydroxylation is 2. The zero-order valence-electron chi connectivity index (χ0n) is 14.0. The van der Waals surface area contributed by atoms with Crippen molar-refractivity contribution in [2.24, 2.45) is 0 Å². The topological polar surface area (TPSA) is 64.7 Å². The van der Waals surface area contributed by atoms with Gasteiger partial charge < -0.3 is 14.5 Å². The minimum atomic E-state index is -0.328. The van der Waals surface area contributed by atoms with Crippen molar-refractivity contribution >= 4 is 5.91 Å². The van der Waals surface area contributed by atoms with E-state index in [1.807, 2.05) is 28.5 Å². The normalized spacial score (nSPS) is 10.8. The molecule has 25 heavy (non-hydrogen) atoms. The predicted octanol–water partition coefficient (Wildman–Crippen LogP) is 2.61. The van der Waals surface area contributed by atoms with Crippen molar-refractivity contribution in [3.8, 4) is 5.69 Å². The Hall–Kier alpha value is -2.96. The molecule has 0 saturated carbocycles. The number of halogens is 1. The average Bonchev–Trinajstić information content (AvgIpc) is 3.25. The van der Waals surface area contributed by atoms with Crippen LogP contribution in [0, 0.1) is 12.7 Å². The van der Waals surface area contributed by atoms with Crippen LogP contribution < -0.4 is 5.32 Å². The van der Waals surface area contributed by atoms with Crippen LogP contribution in [0.2, 0.25) is 0 Å². The fourth-order valence-corrected chi connectivity index (χ4v) is 2.69. The number of aromatic nitrogens is 4. The summed E-state index contributed by atoms with van der Waals surface area (Å²) in [6.07, 6.45) is 9.94. The van der Waals surface area contributed by atoms with Crippen molar-refractivity contribution in [3.05, 3.63) is 66.5 Å². The van der Waals surface area contributed by atoms with Crippen LogP contribution in [0.15, 0.2) is 49.3 Å². The molecule has 0 fully saturated rings. The maximum Gasteiger partial charge on any atom is 0.220 e. The first-order valence-corrected chi connectivity index (χ1v) is 8.14. The smallest absolute Gasteiger partial charge is 0.220 e. The summed E-state index contributed by atoms with van der Waals surface area (Å²) in [5.74, 6) is 0.420. The fourth-order valence-electron chi connectivity index (χ4n) is 2.69. The van der Waals surface area contributed by atoms with Gasteiger partial charge in [0.2, 0.25) is 5.91 Å². The fraction of sp³-hybridized carbons (Fsp3) is 0.278. The Morgan fingerprint density at radius 3 is 2.88 bits per heavy atom. The van der Waals surface area contributed by atoms with Gasteiger partial charge in [-0.1, -0.05) is 0 Å². The third-order valence-electron chi connectivity index (χ3n) is 3.98. The van der Waals surface area contributed by atoms with Gasteiger partial charge in [0.15, 0.2) is 0 Å². The minimum Gasteiger partial charge on any atom is -0.352 e. The Kier molecular flexibility index (Phi) is 5.23. The highest BCUT2D eigenvalue weighted by molar-refractivity contribution is 5.75. The molecule has 7 heteroatoms. The Balaban J connectivity index is 1.59. The number of carbonyl (C=O) groups excluding carboxylic acids is 1. The molecule has 1 aromatic carbocycles. The quantitative estimate of drug-likeness (QED) is 0.718. The number of hydrogen-bond acceptors (Lipinski definition) is 3. The molecule has 130 valence electrons. The van der Waals surface area contributed by atoms with Gasteiger partial charge in [0.25, 0.3) is 0 Å². The van der Waals surface area contributed by atoms with Gasteiger partial charge in [0.05, 0.1) is 12.0 Å². The van der Waals surface area contributed by atoms with E-state index in [0.29, 0.717) is 12.0 Å². The van der Waals surface area contributed by atoms with Crippen LogP contribution >= 0.6 is 0 Å². The number of nitrogens with one attached hydrogen (secondary N) is 1. The number of benzene rings is 1. The van der Waals surface area contributed by atoms with E-state index in [9.17, 15) is 9.18 Å². The van der Waals surface area contributed by atoms with Crippen molar-refractivity contribution < 1.29 is 9.18 Å². The van der Waals surface area contributed by atoms with E-state index in [1.54, 1.807) is 24.8 Å². The number of imidazole rings is 2. The highest BCUT2D eigenvalue weighted by atomic mass is 19.1. The molecular weight excluding hydrogens is 321 g/mol. The van der Waals surface area contributed by atoms with E-state index in [0.717, 1.165) is 24.5 Å². The SMILES string of the molecule is Cc1nccn1-c1ccc(F)cc1CNC(=O)CCCn1ccnc1. The molecule has 3 rings (SSSR count). The first kappa shape index (κ1) is 16.9. The monoisotopic (exact) mass is 341 g/mol. The van der Waals surface area contributed by atoms with Gasteiger partial charge in [-0.25, -0.2) is 14.4 Å². The molecule has 6 nitrogen and oxygen atoms in total. The van der Waals surface area contributed by atoms with E-state index < -0.39 is 0 Å². The molecule has 0 spiro atoms. The molecule has 1 amide bonds. The molecule has 2 aromatic heterocycles. The van der Waals surface area contributed by atoms with Crippen molar-refractivity contribution in [2.75, 3.05) is 0 Å². The molecule has 0 aliphatic carbocycles. The zero-order valence-corrected chi connectivity index (χ0v) is 14.0. The Bertz CT molecular complexity index is 841. The third kappa shape index (κ3) is 4.32. The van der Waals surface area contributed by atoms with Crippen molar-refractivity contribution in [3.63, 3.8) is 0 Å². The first-order chi connectivity index (χ1) is 12.1. The van der Waals surface area contributed by atoms with Gasteiger partial charge in [0.1, 0.15) is 11.6 Å². The van der Waals surface area contributed by atoms with Gasteiger partial charge >= 0.3 is 0 Å². The van der Waals surface area contributed by atoms with Crippen molar-refractivity contribution in [1.82, 2.24) is 24.4 Å². The second kappa shape index (κ2) is 7.74. The second-order valence-corrected chi connectivity index (χ2v) is 5.80. The predicted molar refractivity (Wildman–Crippen MR) is 91.6 cm³/mol. The van der Waals surface area contributed by atoms with Gasteiger partial charge in [-0.05, 0) is 37.1 Å². The lowest BCUT2D eigenvalue weighted by atomic mass is 10.1. The molecule has 0 radical (unpaired) electrons. The number of nitrogens with zero attached hydrogens (tertiary/aromatic N) is 4. The largest absolute Gasteiger partial charge is 0.352 e. The lowest BCUT2D eigenvalue weighted by Crippen LogP contribution is -2.23. The summed E-state index contributed by atoms with van der Waals surface area (Å²) in [7, 11) is 0. The van der Waals surface area contributed by atoms with Gasteiger partial charge in [-0.2, -0.15) is 0 Å². The highest BCUT2D eigenvalue weighted by Crippen LogP contribution is 2.18. The van der Waals surface area contributed by atoms with Gasteiger partial charge in [-0.15, -0.1) is 0 Å². The maximum absolute atomic E-state index is 13.6. The maximum atomic E-state index is 13.6. The lowest BCUT2D eigenvalue weighted by Gasteiger charge is -2.13. The van der Waals surface area contributed by atoms with E-state index in [2.05, 4.69) is 15.3 Å². The molecule has 0 unspecified atom stereocenters. The number of carbonyl (C=O) groups is 1. The van der Waals surface area contributed by atoms with Gasteiger partial charge in [0, 0.05) is 44.3 Å². The average molecular weight is 341 g/mol. The summed E-state index contributed by atoms with van der Waals surface area (Å²) in [5, 5.41) is 2.86. The molecule has 1 N–H and O–H groups in total. The molecule has 2 heterocycles. The number of rotatable bonds is 7. The van der Waals surface area contributed by atoms with Crippen LogP contribution in [0.5, 0.6) is 0 Å². The van der Waals surface area contributed by atoms with E-state index >= 15 is 0 Å². The number of hydrogen-bond donors (Lipinski definition) is 1. The molecule has 0 atom stereocenters. The van der Waals surface area contributed by atoms with Crippen LogP contribution in [0.1, 0.15) is 24.2 Å². The Morgan fingerprint density at radius 2 is 2.16 bits per heavy atom. The first-order valence-electron chi connectivity index (χ1n) is 8.14. The molecule has 0 aliphatic rings. The summed E-state index contributed by atoms with van der Waals surface area (Å²) in [6.45, 7) is 2.89. The van der Waals surface area contributed by atoms with Crippen molar-refractivity contribution in [2.45, 2.75) is 32.9 Å². The standard InChI is InChI=1S/C18H20FN5O/c1-14-21-7-10-24(14)17-5-4-16(19)11-15(17)12-22-18(25)3-2-8-23-9-6-20-13-23/h4-7,9-11,13H,2-3,8,12H2,1H3,(H,22,25). The van der Waals surface area contributed by atoms with E-state index in [4.69, 9.17) is 0 Å². The Labute approximate surface area is 145 Å².